The molecule has 2 saturated heterocycles. The zero-order chi connectivity index (χ0) is 21.6. The van der Waals surface area contributed by atoms with Crippen molar-refractivity contribution >= 4 is 11.6 Å². The monoisotopic (exact) mass is 421 g/mol. The topological polar surface area (TPSA) is 76.4 Å². The SMILES string of the molecule is Cc1nn(C)cc1[C@@]12C[C@]1(C(=O)Nc1cccc(C(F)(F)F)c1C)[C@H]1C[C@H](O)[C@@H]2O1. The molecule has 9 heteroatoms. The number of carbonyl (C=O) groups is 1. The number of anilines is 1. The molecule has 1 aromatic carbocycles. The summed E-state index contributed by atoms with van der Waals surface area (Å²) in [4.78, 5) is 13.5. The first kappa shape index (κ1) is 19.6. The zero-order valence-electron chi connectivity index (χ0n) is 16.7. The molecule has 3 heterocycles. The quantitative estimate of drug-likeness (QED) is 0.799. The fourth-order valence-electron chi connectivity index (χ4n) is 5.85. The van der Waals surface area contributed by atoms with Crippen molar-refractivity contribution in [2.75, 3.05) is 5.32 Å². The minimum Gasteiger partial charge on any atom is -0.390 e. The van der Waals surface area contributed by atoms with Crippen LogP contribution in [0.25, 0.3) is 0 Å². The van der Waals surface area contributed by atoms with Gasteiger partial charge >= 0.3 is 6.18 Å². The van der Waals surface area contributed by atoms with E-state index in [1.807, 2.05) is 13.1 Å². The number of hydrogen-bond acceptors (Lipinski definition) is 4. The highest BCUT2D eigenvalue weighted by Gasteiger charge is 2.87. The average molecular weight is 421 g/mol. The van der Waals surface area contributed by atoms with E-state index in [9.17, 15) is 23.1 Å². The first-order chi connectivity index (χ1) is 14.0. The number of amides is 1. The van der Waals surface area contributed by atoms with Crippen molar-refractivity contribution in [3.05, 3.63) is 46.8 Å². The number of aliphatic hydroxyl groups excluding tert-OH is 1. The molecule has 2 N–H and O–H groups in total. The third-order valence-electron chi connectivity index (χ3n) is 7.17. The number of aliphatic hydroxyl groups is 1. The van der Waals surface area contributed by atoms with Crippen LogP contribution in [0.15, 0.2) is 24.4 Å². The third-order valence-corrected chi connectivity index (χ3v) is 7.17. The third kappa shape index (κ3) is 2.27. The number of halogens is 3. The average Bonchev–Trinajstić information content (AvgIpc) is 2.87. The van der Waals surface area contributed by atoms with Crippen LogP contribution in [0.3, 0.4) is 0 Å². The molecule has 1 aromatic heterocycles. The standard InChI is InChI=1S/C21H22F3N3O3/c1-10-12(21(22,23)24)5-4-6-14(10)25-18(29)20-9-19(20,13-8-27(3)26-11(13)2)17-15(28)7-16(20)30-17/h4-6,8,15-17,28H,7,9H2,1-3H3,(H,25,29)/t15-,16+,17-,19+,20+/m0/s1. The number of fused-ring (bicyclic) bond motifs is 5. The van der Waals surface area contributed by atoms with Crippen LogP contribution in [0.1, 0.15) is 35.2 Å². The first-order valence-corrected chi connectivity index (χ1v) is 9.85. The molecule has 0 spiro atoms. The molecule has 1 aliphatic carbocycles. The largest absolute Gasteiger partial charge is 0.416 e. The summed E-state index contributed by atoms with van der Waals surface area (Å²) < 4.78 is 47.5. The van der Waals surface area contributed by atoms with Gasteiger partial charge in [-0.25, -0.2) is 0 Å². The Kier molecular flexibility index (Phi) is 3.82. The van der Waals surface area contributed by atoms with Gasteiger partial charge in [0.25, 0.3) is 0 Å². The van der Waals surface area contributed by atoms with Gasteiger partial charge in [-0.3, -0.25) is 9.48 Å². The summed E-state index contributed by atoms with van der Waals surface area (Å²) in [7, 11) is 1.79. The molecule has 5 atom stereocenters. The second-order valence-electron chi connectivity index (χ2n) is 8.70. The van der Waals surface area contributed by atoms with Crippen LogP contribution in [0, 0.1) is 19.3 Å². The van der Waals surface area contributed by atoms with Crippen LogP contribution in [0.4, 0.5) is 18.9 Å². The van der Waals surface area contributed by atoms with Gasteiger partial charge < -0.3 is 15.2 Å². The molecule has 2 aliphatic heterocycles. The lowest BCUT2D eigenvalue weighted by molar-refractivity contribution is -0.138. The molecule has 0 unspecified atom stereocenters. The summed E-state index contributed by atoms with van der Waals surface area (Å²) in [6.07, 6.45) is -3.55. The van der Waals surface area contributed by atoms with Crippen molar-refractivity contribution in [3.8, 4) is 0 Å². The fraction of sp³-hybridized carbons (Fsp3) is 0.524. The van der Waals surface area contributed by atoms with Gasteiger partial charge in [-0.1, -0.05) is 6.07 Å². The van der Waals surface area contributed by atoms with Gasteiger partial charge in [0, 0.05) is 36.3 Å². The number of alkyl halides is 3. The van der Waals surface area contributed by atoms with Crippen molar-refractivity contribution in [1.29, 1.82) is 0 Å². The Morgan fingerprint density at radius 2 is 2.10 bits per heavy atom. The number of benzene rings is 1. The number of ether oxygens (including phenoxy) is 1. The predicted octanol–water partition coefficient (Wildman–Crippen LogP) is 2.85. The van der Waals surface area contributed by atoms with Gasteiger partial charge in [-0.15, -0.1) is 0 Å². The number of nitrogens with zero attached hydrogens (tertiary/aromatic N) is 2. The Hall–Kier alpha value is -2.39. The lowest BCUT2D eigenvalue weighted by Crippen LogP contribution is -2.44. The van der Waals surface area contributed by atoms with Crippen molar-refractivity contribution in [3.63, 3.8) is 0 Å². The van der Waals surface area contributed by atoms with Gasteiger partial charge in [-0.05, 0) is 38.0 Å². The number of nitrogens with one attached hydrogen (secondary N) is 1. The van der Waals surface area contributed by atoms with Crippen molar-refractivity contribution in [2.45, 2.75) is 56.6 Å². The molecule has 0 radical (unpaired) electrons. The number of carbonyl (C=O) groups excluding carboxylic acids is 1. The normalized spacial score (nSPS) is 34.2. The smallest absolute Gasteiger partial charge is 0.390 e. The molecule has 5 rings (SSSR count). The van der Waals surface area contributed by atoms with Gasteiger partial charge in [0.2, 0.25) is 5.91 Å². The Morgan fingerprint density at radius 3 is 2.73 bits per heavy atom. The zero-order valence-corrected chi connectivity index (χ0v) is 16.7. The number of rotatable bonds is 3. The van der Waals surface area contributed by atoms with E-state index in [1.165, 1.54) is 19.1 Å². The first-order valence-electron chi connectivity index (χ1n) is 9.85. The van der Waals surface area contributed by atoms with Crippen molar-refractivity contribution in [1.82, 2.24) is 9.78 Å². The summed E-state index contributed by atoms with van der Waals surface area (Å²) in [5.41, 5.74) is -0.696. The van der Waals surface area contributed by atoms with E-state index in [4.69, 9.17) is 4.74 Å². The van der Waals surface area contributed by atoms with Gasteiger partial charge in [0.05, 0.1) is 35.0 Å². The number of aromatic nitrogens is 2. The van der Waals surface area contributed by atoms with Gasteiger partial charge in [-0.2, -0.15) is 18.3 Å². The van der Waals surface area contributed by atoms with Crippen molar-refractivity contribution in [2.24, 2.45) is 12.5 Å². The van der Waals surface area contributed by atoms with Crippen LogP contribution in [-0.4, -0.2) is 39.1 Å². The molecule has 2 bridgehead atoms. The van der Waals surface area contributed by atoms with Crippen LogP contribution >= 0.6 is 0 Å². The Labute approximate surface area is 171 Å². The minimum atomic E-state index is -4.50. The van der Waals surface area contributed by atoms with E-state index in [-0.39, 0.29) is 17.2 Å². The lowest BCUT2D eigenvalue weighted by Gasteiger charge is -2.29. The lowest BCUT2D eigenvalue weighted by atomic mass is 9.74. The van der Waals surface area contributed by atoms with Gasteiger partial charge in [0.15, 0.2) is 0 Å². The molecule has 30 heavy (non-hydrogen) atoms. The number of aryl methyl sites for hydroxylation is 2. The molecule has 3 aliphatic rings. The molecule has 2 aromatic rings. The summed E-state index contributed by atoms with van der Waals surface area (Å²) in [5.74, 6) is -0.368. The molecular formula is C21H22F3N3O3. The number of hydrogen-bond donors (Lipinski definition) is 2. The molecule has 1 saturated carbocycles. The highest BCUT2D eigenvalue weighted by atomic mass is 19.4. The van der Waals surface area contributed by atoms with Crippen molar-refractivity contribution < 1.29 is 27.8 Å². The maximum absolute atomic E-state index is 13.5. The Bertz CT molecular complexity index is 1070. The van der Waals surface area contributed by atoms with Gasteiger partial charge in [0.1, 0.15) is 0 Å². The molecule has 3 fully saturated rings. The molecular weight excluding hydrogens is 399 g/mol. The van der Waals surface area contributed by atoms with E-state index in [0.29, 0.717) is 12.8 Å². The molecule has 1 amide bonds. The summed E-state index contributed by atoms with van der Waals surface area (Å²) in [6, 6.07) is 3.76. The Balaban J connectivity index is 1.53. The van der Waals surface area contributed by atoms with E-state index in [0.717, 1.165) is 17.3 Å². The highest BCUT2D eigenvalue weighted by Crippen LogP contribution is 2.78. The van der Waals surface area contributed by atoms with Crippen LogP contribution < -0.4 is 5.32 Å². The molecule has 160 valence electrons. The summed E-state index contributed by atoms with van der Waals surface area (Å²) >= 11 is 0. The predicted molar refractivity (Wildman–Crippen MR) is 101 cm³/mol. The second kappa shape index (κ2) is 5.85. The highest BCUT2D eigenvalue weighted by molar-refractivity contribution is 6.01. The van der Waals surface area contributed by atoms with Crippen LogP contribution in [0.2, 0.25) is 0 Å². The maximum atomic E-state index is 13.5. The summed E-state index contributed by atoms with van der Waals surface area (Å²) in [5, 5.41) is 17.6. The van der Waals surface area contributed by atoms with E-state index in [2.05, 4.69) is 10.4 Å². The fourth-order valence-corrected chi connectivity index (χ4v) is 5.85. The van der Waals surface area contributed by atoms with E-state index >= 15 is 0 Å². The second-order valence-corrected chi connectivity index (χ2v) is 8.70. The van der Waals surface area contributed by atoms with E-state index in [1.54, 1.807) is 11.7 Å². The van der Waals surface area contributed by atoms with Crippen LogP contribution in [-0.2, 0) is 28.2 Å². The summed E-state index contributed by atoms with van der Waals surface area (Å²) in [6.45, 7) is 3.20. The Morgan fingerprint density at radius 1 is 1.37 bits per heavy atom. The molecule has 6 nitrogen and oxygen atoms in total. The maximum Gasteiger partial charge on any atom is 0.416 e. The minimum absolute atomic E-state index is 0.0253. The van der Waals surface area contributed by atoms with E-state index < -0.39 is 40.9 Å². The van der Waals surface area contributed by atoms with Crippen LogP contribution in [0.5, 0.6) is 0 Å².